The number of rotatable bonds is 1. The van der Waals surface area contributed by atoms with E-state index in [4.69, 9.17) is 9.90 Å². The molecule has 3 heteroatoms. The molecule has 1 N–H and O–H groups in total. The van der Waals surface area contributed by atoms with Crippen molar-refractivity contribution >= 4 is 12.3 Å². The third-order valence-corrected chi connectivity index (χ3v) is 1.53. The van der Waals surface area contributed by atoms with Gasteiger partial charge in [0, 0.05) is 5.56 Å². The Morgan fingerprint density at radius 1 is 1.20 bits per heavy atom. The third kappa shape index (κ3) is 10.3. The molecule has 1 aromatic carbocycles. The molecule has 0 amide bonds. The molecule has 1 aliphatic rings. The van der Waals surface area contributed by atoms with Gasteiger partial charge in [0.15, 0.2) is 5.78 Å². The molecule has 2 rings (SSSR count). The number of hydrogen-bond donors (Lipinski definition) is 1. The normalized spacial score (nSPS) is 11.0. The average molecular weight is 208 g/mol. The lowest BCUT2D eigenvalue weighted by Crippen LogP contribution is -1.88. The van der Waals surface area contributed by atoms with Gasteiger partial charge in [0.05, 0.1) is 0 Å². The van der Waals surface area contributed by atoms with Gasteiger partial charge in [-0.05, 0) is 6.92 Å². The second-order valence-corrected chi connectivity index (χ2v) is 3.09. The first kappa shape index (κ1) is 13.4. The van der Waals surface area contributed by atoms with Crippen LogP contribution in [0.4, 0.5) is 0 Å². The molecular formula is C12H16O3. The van der Waals surface area contributed by atoms with Gasteiger partial charge in [0.25, 0.3) is 6.47 Å². The molecule has 0 aliphatic heterocycles. The van der Waals surface area contributed by atoms with Crippen LogP contribution in [-0.2, 0) is 4.79 Å². The van der Waals surface area contributed by atoms with E-state index in [0.717, 1.165) is 5.56 Å². The summed E-state index contributed by atoms with van der Waals surface area (Å²) in [4.78, 5) is 19.0. The zero-order chi connectivity index (χ0) is 11.5. The summed E-state index contributed by atoms with van der Waals surface area (Å²) < 4.78 is 0. The molecule has 0 atom stereocenters. The molecule has 3 nitrogen and oxygen atoms in total. The second-order valence-electron chi connectivity index (χ2n) is 3.09. The molecule has 0 spiro atoms. The van der Waals surface area contributed by atoms with Crippen molar-refractivity contribution in [1.82, 2.24) is 0 Å². The quantitative estimate of drug-likeness (QED) is 0.570. The van der Waals surface area contributed by atoms with Gasteiger partial charge in [-0.3, -0.25) is 9.59 Å². The fourth-order valence-corrected chi connectivity index (χ4v) is 0.673. The molecule has 0 saturated heterocycles. The zero-order valence-electron chi connectivity index (χ0n) is 8.85. The van der Waals surface area contributed by atoms with Crippen molar-refractivity contribution in [2.24, 2.45) is 0 Å². The maximum absolute atomic E-state index is 10.6. The van der Waals surface area contributed by atoms with Crippen LogP contribution in [0, 0.1) is 0 Å². The summed E-state index contributed by atoms with van der Waals surface area (Å²) in [7, 11) is 0. The molecule has 0 aromatic heterocycles. The number of carbonyl (C=O) groups is 2. The van der Waals surface area contributed by atoms with Gasteiger partial charge < -0.3 is 5.11 Å². The maximum Gasteiger partial charge on any atom is 0.290 e. The third-order valence-electron chi connectivity index (χ3n) is 1.53. The van der Waals surface area contributed by atoms with Crippen molar-refractivity contribution in [3.05, 3.63) is 35.9 Å². The van der Waals surface area contributed by atoms with Crippen molar-refractivity contribution in [2.45, 2.75) is 26.2 Å². The standard InChI is InChI=1S/C8H8O.C3H6.CH2O2/c1-7(9)8-5-3-2-4-6-8;1-2-3-1;2-1-3/h2-6H,1H3;1-3H2;1H,(H,2,3). The van der Waals surface area contributed by atoms with Gasteiger partial charge >= 0.3 is 0 Å². The number of ketones is 1. The highest BCUT2D eigenvalue weighted by Gasteiger charge is 1.95. The van der Waals surface area contributed by atoms with Crippen LogP contribution in [0.15, 0.2) is 30.3 Å². The van der Waals surface area contributed by atoms with E-state index in [1.807, 2.05) is 30.3 Å². The first-order valence-electron chi connectivity index (χ1n) is 4.86. The van der Waals surface area contributed by atoms with Crippen molar-refractivity contribution in [2.75, 3.05) is 0 Å². The van der Waals surface area contributed by atoms with Crippen molar-refractivity contribution in [3.63, 3.8) is 0 Å². The minimum Gasteiger partial charge on any atom is -0.483 e. The van der Waals surface area contributed by atoms with Gasteiger partial charge in [0.2, 0.25) is 0 Å². The lowest BCUT2D eigenvalue weighted by molar-refractivity contribution is -0.122. The van der Waals surface area contributed by atoms with Crippen LogP contribution in [0.2, 0.25) is 0 Å². The Morgan fingerprint density at radius 2 is 1.60 bits per heavy atom. The second kappa shape index (κ2) is 8.94. The summed E-state index contributed by atoms with van der Waals surface area (Å²) in [6, 6.07) is 9.23. The average Bonchev–Trinajstić information content (AvgIpc) is 3.07. The summed E-state index contributed by atoms with van der Waals surface area (Å²) in [5.74, 6) is 0.121. The molecular weight excluding hydrogens is 192 g/mol. The van der Waals surface area contributed by atoms with Gasteiger partial charge in [-0.25, -0.2) is 0 Å². The summed E-state index contributed by atoms with van der Waals surface area (Å²) in [6.45, 7) is 1.31. The van der Waals surface area contributed by atoms with E-state index in [9.17, 15) is 4.79 Å². The monoisotopic (exact) mass is 208 g/mol. The van der Waals surface area contributed by atoms with E-state index in [-0.39, 0.29) is 12.3 Å². The molecule has 1 aromatic rings. The molecule has 1 saturated carbocycles. The smallest absolute Gasteiger partial charge is 0.290 e. The van der Waals surface area contributed by atoms with Crippen LogP contribution in [-0.4, -0.2) is 17.4 Å². The SMILES string of the molecule is C1CC1.CC(=O)c1ccccc1.O=CO. The minimum absolute atomic E-state index is 0.121. The minimum atomic E-state index is -0.250. The number of carboxylic acid groups (broad SMARTS) is 1. The molecule has 1 fully saturated rings. The van der Waals surface area contributed by atoms with Crippen LogP contribution in [0.5, 0.6) is 0 Å². The van der Waals surface area contributed by atoms with Gasteiger partial charge in [-0.15, -0.1) is 0 Å². The number of Topliss-reactive ketones (excluding diaryl/α,β-unsaturated/α-hetero) is 1. The number of benzene rings is 1. The largest absolute Gasteiger partial charge is 0.483 e. The molecule has 82 valence electrons. The van der Waals surface area contributed by atoms with Crippen LogP contribution < -0.4 is 0 Å². The Kier molecular flexibility index (Phi) is 7.96. The predicted octanol–water partition coefficient (Wildman–Crippen LogP) is 2.76. The predicted molar refractivity (Wildman–Crippen MR) is 59.0 cm³/mol. The molecule has 0 bridgehead atoms. The number of hydrogen-bond acceptors (Lipinski definition) is 2. The topological polar surface area (TPSA) is 54.4 Å². The van der Waals surface area contributed by atoms with Gasteiger partial charge in [-0.1, -0.05) is 49.6 Å². The van der Waals surface area contributed by atoms with Crippen LogP contribution in [0.1, 0.15) is 36.5 Å². The zero-order valence-corrected chi connectivity index (χ0v) is 8.85. The van der Waals surface area contributed by atoms with Gasteiger partial charge in [-0.2, -0.15) is 0 Å². The molecule has 15 heavy (non-hydrogen) atoms. The Morgan fingerprint density at radius 3 is 1.80 bits per heavy atom. The first-order chi connectivity index (χ1) is 7.22. The highest BCUT2D eigenvalue weighted by molar-refractivity contribution is 5.93. The number of carbonyl (C=O) groups excluding carboxylic acids is 1. The highest BCUT2D eigenvalue weighted by Crippen LogP contribution is 2.14. The summed E-state index contributed by atoms with van der Waals surface area (Å²) in [5, 5.41) is 6.89. The fourth-order valence-electron chi connectivity index (χ4n) is 0.673. The molecule has 0 heterocycles. The van der Waals surface area contributed by atoms with Crippen molar-refractivity contribution < 1.29 is 14.7 Å². The summed E-state index contributed by atoms with van der Waals surface area (Å²) >= 11 is 0. The van der Waals surface area contributed by atoms with E-state index in [0.29, 0.717) is 0 Å². The Balaban J connectivity index is 0.000000268. The first-order valence-corrected chi connectivity index (χ1v) is 4.86. The van der Waals surface area contributed by atoms with E-state index in [1.54, 1.807) is 6.92 Å². The van der Waals surface area contributed by atoms with Crippen LogP contribution in [0.3, 0.4) is 0 Å². The van der Waals surface area contributed by atoms with Gasteiger partial charge in [0.1, 0.15) is 0 Å². The van der Waals surface area contributed by atoms with Crippen molar-refractivity contribution in [1.29, 1.82) is 0 Å². The fraction of sp³-hybridized carbons (Fsp3) is 0.333. The molecule has 1 aliphatic carbocycles. The van der Waals surface area contributed by atoms with E-state index in [2.05, 4.69) is 0 Å². The van der Waals surface area contributed by atoms with E-state index < -0.39 is 0 Å². The molecule has 0 radical (unpaired) electrons. The van der Waals surface area contributed by atoms with Crippen LogP contribution in [0.25, 0.3) is 0 Å². The van der Waals surface area contributed by atoms with E-state index >= 15 is 0 Å². The maximum atomic E-state index is 10.6. The van der Waals surface area contributed by atoms with Crippen LogP contribution >= 0.6 is 0 Å². The Labute approximate surface area is 89.7 Å². The molecule has 0 unspecified atom stereocenters. The lowest BCUT2D eigenvalue weighted by atomic mass is 10.2. The summed E-state index contributed by atoms with van der Waals surface area (Å²) in [5.41, 5.74) is 0.775. The van der Waals surface area contributed by atoms with Crippen molar-refractivity contribution in [3.8, 4) is 0 Å². The Bertz CT molecular complexity index is 275. The summed E-state index contributed by atoms with van der Waals surface area (Å²) in [6.07, 6.45) is 4.50. The highest BCUT2D eigenvalue weighted by atomic mass is 16.3. The lowest BCUT2D eigenvalue weighted by Gasteiger charge is -1.89. The Hall–Kier alpha value is -1.64. The van der Waals surface area contributed by atoms with E-state index in [1.165, 1.54) is 19.3 Å².